The summed E-state index contributed by atoms with van der Waals surface area (Å²) in [6.45, 7) is 0.458. The number of carbonyl (C=O) groups is 1. The summed E-state index contributed by atoms with van der Waals surface area (Å²) in [5.74, 6) is 2.81. The van der Waals surface area contributed by atoms with Crippen molar-refractivity contribution < 1.29 is 23.7 Å². The van der Waals surface area contributed by atoms with Crippen LogP contribution in [0, 0.1) is 0 Å². The Bertz CT molecular complexity index is 1050. The van der Waals surface area contributed by atoms with Crippen LogP contribution >= 0.6 is 11.8 Å². The van der Waals surface area contributed by atoms with Gasteiger partial charge in [0.05, 0.1) is 19.0 Å². The van der Waals surface area contributed by atoms with Crippen molar-refractivity contribution in [3.63, 3.8) is 0 Å². The largest absolute Gasteiger partial charge is 0.491 e. The molecule has 1 aliphatic rings. The Morgan fingerprint density at radius 3 is 2.77 bits per heavy atom. The number of nitrogens with zero attached hydrogens (tertiary/aromatic N) is 1. The normalized spacial score (nSPS) is 11.8. The average molecular weight is 439 g/mol. The second-order valence-electron chi connectivity index (χ2n) is 6.68. The van der Waals surface area contributed by atoms with E-state index in [4.69, 9.17) is 18.9 Å². The molecule has 0 aliphatic carbocycles. The Morgan fingerprint density at radius 2 is 1.94 bits per heavy atom. The summed E-state index contributed by atoms with van der Waals surface area (Å²) in [4.78, 5) is 17.8. The van der Waals surface area contributed by atoms with E-state index in [1.807, 2.05) is 36.4 Å². The first-order chi connectivity index (χ1) is 15.2. The number of carbonyl (C=O) groups excluding carboxylic acids is 1. The first-order valence-corrected chi connectivity index (χ1v) is 10.7. The van der Waals surface area contributed by atoms with Gasteiger partial charge in [0, 0.05) is 23.3 Å². The smallest absolute Gasteiger partial charge is 0.258 e. The number of amides is 1. The van der Waals surface area contributed by atoms with Crippen LogP contribution in [0.4, 0.5) is 0 Å². The minimum atomic E-state index is -0.239. The fourth-order valence-corrected chi connectivity index (χ4v) is 3.75. The number of benzene rings is 2. The average Bonchev–Trinajstić information content (AvgIpc) is 3.28. The molecule has 0 spiro atoms. The second kappa shape index (κ2) is 10.1. The highest BCUT2D eigenvalue weighted by atomic mass is 32.2. The zero-order valence-electron chi connectivity index (χ0n) is 17.0. The monoisotopic (exact) mass is 438 g/mol. The molecule has 4 rings (SSSR count). The number of rotatable bonds is 9. The Labute approximate surface area is 184 Å². The van der Waals surface area contributed by atoms with Gasteiger partial charge in [0.2, 0.25) is 6.79 Å². The molecule has 31 heavy (non-hydrogen) atoms. The van der Waals surface area contributed by atoms with Crippen LogP contribution in [0.5, 0.6) is 23.0 Å². The van der Waals surface area contributed by atoms with Crippen LogP contribution in [0.15, 0.2) is 65.7 Å². The SMILES string of the molecule is COc1cnc(CSc2ccccc2)cc1OCC(=O)NCc1ccc2c(c1)OCO2. The lowest BCUT2D eigenvalue weighted by Crippen LogP contribution is -2.28. The third-order valence-electron chi connectivity index (χ3n) is 4.52. The molecule has 0 radical (unpaired) electrons. The Balaban J connectivity index is 1.30. The summed E-state index contributed by atoms with van der Waals surface area (Å²) < 4.78 is 21.7. The summed E-state index contributed by atoms with van der Waals surface area (Å²) >= 11 is 1.68. The van der Waals surface area contributed by atoms with E-state index in [1.54, 1.807) is 31.1 Å². The first-order valence-electron chi connectivity index (χ1n) is 9.70. The van der Waals surface area contributed by atoms with Gasteiger partial charge >= 0.3 is 0 Å². The molecule has 2 aromatic carbocycles. The van der Waals surface area contributed by atoms with E-state index in [2.05, 4.69) is 22.4 Å². The quantitative estimate of drug-likeness (QED) is 0.509. The topological polar surface area (TPSA) is 78.9 Å². The lowest BCUT2D eigenvalue weighted by molar-refractivity contribution is -0.123. The maximum atomic E-state index is 12.3. The number of pyridine rings is 1. The van der Waals surface area contributed by atoms with E-state index in [-0.39, 0.29) is 19.3 Å². The van der Waals surface area contributed by atoms with E-state index < -0.39 is 0 Å². The molecule has 160 valence electrons. The number of thioether (sulfide) groups is 1. The van der Waals surface area contributed by atoms with E-state index in [0.29, 0.717) is 35.3 Å². The highest BCUT2D eigenvalue weighted by Crippen LogP contribution is 2.32. The summed E-state index contributed by atoms with van der Waals surface area (Å²) in [5.41, 5.74) is 1.75. The lowest BCUT2D eigenvalue weighted by atomic mass is 10.2. The molecule has 0 saturated carbocycles. The molecule has 0 fully saturated rings. The minimum absolute atomic E-state index is 0.129. The van der Waals surface area contributed by atoms with Crippen LogP contribution in [-0.2, 0) is 17.1 Å². The van der Waals surface area contributed by atoms with Crippen molar-refractivity contribution in [3.05, 3.63) is 72.1 Å². The summed E-state index contributed by atoms with van der Waals surface area (Å²) in [6, 6.07) is 17.5. The third kappa shape index (κ3) is 5.61. The van der Waals surface area contributed by atoms with Gasteiger partial charge in [0.25, 0.3) is 5.91 Å². The predicted octanol–water partition coefficient (Wildman–Crippen LogP) is 3.81. The molecule has 1 amide bonds. The highest BCUT2D eigenvalue weighted by Gasteiger charge is 2.14. The van der Waals surface area contributed by atoms with Crippen LogP contribution in [-0.4, -0.2) is 31.4 Å². The number of ether oxygens (including phenoxy) is 4. The van der Waals surface area contributed by atoms with Gasteiger partial charge in [-0.15, -0.1) is 11.8 Å². The van der Waals surface area contributed by atoms with Gasteiger partial charge in [0.1, 0.15) is 0 Å². The molecule has 3 aromatic rings. The molecule has 0 unspecified atom stereocenters. The lowest BCUT2D eigenvalue weighted by Gasteiger charge is -2.12. The minimum Gasteiger partial charge on any atom is -0.491 e. The van der Waals surface area contributed by atoms with Gasteiger partial charge in [-0.1, -0.05) is 24.3 Å². The van der Waals surface area contributed by atoms with E-state index in [0.717, 1.165) is 16.2 Å². The highest BCUT2D eigenvalue weighted by molar-refractivity contribution is 7.98. The van der Waals surface area contributed by atoms with Crippen molar-refractivity contribution in [1.82, 2.24) is 10.3 Å². The van der Waals surface area contributed by atoms with Gasteiger partial charge < -0.3 is 24.3 Å². The van der Waals surface area contributed by atoms with Gasteiger partial charge in [-0.3, -0.25) is 9.78 Å². The molecule has 8 heteroatoms. The van der Waals surface area contributed by atoms with E-state index >= 15 is 0 Å². The van der Waals surface area contributed by atoms with Gasteiger partial charge in [-0.25, -0.2) is 0 Å². The van der Waals surface area contributed by atoms with Crippen molar-refractivity contribution in [3.8, 4) is 23.0 Å². The number of hydrogen-bond donors (Lipinski definition) is 1. The molecule has 7 nitrogen and oxygen atoms in total. The zero-order chi connectivity index (χ0) is 21.5. The Hall–Kier alpha value is -3.39. The number of methoxy groups -OCH3 is 1. The van der Waals surface area contributed by atoms with Crippen LogP contribution < -0.4 is 24.3 Å². The summed E-state index contributed by atoms with van der Waals surface area (Å²) in [6.07, 6.45) is 1.61. The van der Waals surface area contributed by atoms with E-state index in [1.165, 1.54) is 0 Å². The summed E-state index contributed by atoms with van der Waals surface area (Å²) in [7, 11) is 1.54. The van der Waals surface area contributed by atoms with Crippen LogP contribution in [0.2, 0.25) is 0 Å². The predicted molar refractivity (Wildman–Crippen MR) is 117 cm³/mol. The Morgan fingerprint density at radius 1 is 1.10 bits per heavy atom. The molecule has 0 saturated heterocycles. The molecule has 0 atom stereocenters. The zero-order valence-corrected chi connectivity index (χ0v) is 17.8. The third-order valence-corrected chi connectivity index (χ3v) is 5.57. The number of nitrogens with one attached hydrogen (secondary N) is 1. The second-order valence-corrected chi connectivity index (χ2v) is 7.73. The number of hydrogen-bond acceptors (Lipinski definition) is 7. The fourth-order valence-electron chi connectivity index (χ4n) is 2.93. The van der Waals surface area contributed by atoms with Crippen molar-refractivity contribution >= 4 is 17.7 Å². The van der Waals surface area contributed by atoms with Crippen molar-refractivity contribution in [2.24, 2.45) is 0 Å². The molecule has 1 N–H and O–H groups in total. The van der Waals surface area contributed by atoms with Gasteiger partial charge in [-0.2, -0.15) is 0 Å². The van der Waals surface area contributed by atoms with Crippen molar-refractivity contribution in [2.75, 3.05) is 20.5 Å². The molecule has 0 bridgehead atoms. The van der Waals surface area contributed by atoms with Crippen LogP contribution in [0.25, 0.3) is 0 Å². The van der Waals surface area contributed by atoms with Crippen LogP contribution in [0.3, 0.4) is 0 Å². The van der Waals surface area contributed by atoms with E-state index in [9.17, 15) is 4.79 Å². The summed E-state index contributed by atoms with van der Waals surface area (Å²) in [5, 5.41) is 2.84. The fraction of sp³-hybridized carbons (Fsp3) is 0.217. The number of fused-ring (bicyclic) bond motifs is 1. The maximum absolute atomic E-state index is 12.3. The van der Waals surface area contributed by atoms with Gasteiger partial charge in [0.15, 0.2) is 29.6 Å². The number of aromatic nitrogens is 1. The van der Waals surface area contributed by atoms with Crippen molar-refractivity contribution in [1.29, 1.82) is 0 Å². The molecular weight excluding hydrogens is 416 g/mol. The molecule has 1 aromatic heterocycles. The Kier molecular flexibility index (Phi) is 6.78. The van der Waals surface area contributed by atoms with Crippen molar-refractivity contribution in [2.45, 2.75) is 17.2 Å². The van der Waals surface area contributed by atoms with Crippen LogP contribution in [0.1, 0.15) is 11.3 Å². The maximum Gasteiger partial charge on any atom is 0.258 e. The first kappa shape index (κ1) is 20.9. The molecule has 2 heterocycles. The molecular formula is C23H22N2O5S. The molecule has 1 aliphatic heterocycles. The van der Waals surface area contributed by atoms with Gasteiger partial charge in [-0.05, 0) is 29.8 Å². The standard InChI is InChI=1S/C23H22N2O5S/c1-27-22-12-24-17(14-31-18-5-3-2-4-6-18)10-21(22)28-13-23(26)25-11-16-7-8-19-20(9-16)30-15-29-19/h2-10,12H,11,13-15H2,1H3,(H,25,26).